The van der Waals surface area contributed by atoms with E-state index >= 15 is 0 Å². The number of aliphatic hydroxyl groups is 1. The number of rotatable bonds is 16. The first-order valence-electron chi connectivity index (χ1n) is 19.5. The van der Waals surface area contributed by atoms with E-state index in [9.17, 15) is 14.7 Å². The van der Waals surface area contributed by atoms with Crippen molar-refractivity contribution in [3.8, 4) is 23.0 Å². The van der Waals surface area contributed by atoms with Gasteiger partial charge in [0.1, 0.15) is 70.2 Å². The average molecular weight is 814 g/mol. The molecular weight excluding hydrogens is 767 g/mol. The zero-order valence-electron chi connectivity index (χ0n) is 33.8. The number of carbonyl (C=O) groups excluding carboxylic acids is 2. The number of imidazole rings is 2. The van der Waals surface area contributed by atoms with E-state index in [1.165, 1.54) is 0 Å². The van der Waals surface area contributed by atoms with Crippen molar-refractivity contribution in [3.63, 3.8) is 0 Å². The molecule has 2 aliphatic heterocycles. The fraction of sp³-hybridized carbons (Fsp3) is 0.273. The average Bonchev–Trinajstić information content (AvgIpc) is 4.00. The molecule has 0 radical (unpaired) electrons. The number of ketones is 2. The summed E-state index contributed by atoms with van der Waals surface area (Å²) in [6.45, 7) is 0.492. The van der Waals surface area contributed by atoms with Gasteiger partial charge >= 0.3 is 0 Å². The van der Waals surface area contributed by atoms with Crippen LogP contribution in [0.2, 0.25) is 0 Å². The maximum absolute atomic E-state index is 14.4. The predicted octanol–water partition coefficient (Wildman–Crippen LogP) is 4.77. The molecule has 60 heavy (non-hydrogen) atoms. The molecule has 4 aromatic carbocycles. The number of aliphatic hydroxyl groups excluding tert-OH is 1. The van der Waals surface area contributed by atoms with Crippen LogP contribution in [-0.2, 0) is 9.59 Å². The van der Waals surface area contributed by atoms with Crippen LogP contribution < -0.4 is 40.2 Å². The minimum atomic E-state index is -0.690. The van der Waals surface area contributed by atoms with Crippen LogP contribution in [0.1, 0.15) is 30.9 Å². The molecule has 4 heterocycles. The van der Waals surface area contributed by atoms with E-state index in [2.05, 4.69) is 15.0 Å². The highest BCUT2D eigenvalue weighted by Gasteiger charge is 2.43. The summed E-state index contributed by atoms with van der Waals surface area (Å²) in [5, 5.41) is 9.73. The lowest BCUT2D eigenvalue weighted by atomic mass is 10.0. The Morgan fingerprint density at radius 1 is 0.683 bits per heavy atom. The summed E-state index contributed by atoms with van der Waals surface area (Å²) in [6.07, 6.45) is 1.12. The number of aromatic nitrogens is 4. The standard InChI is InChI=1S/C44H47N9O7/c1-51(16-15-36-40(56)38(44-49-33-12-7-8-13-34(33)50-44)42(46)53(36)25-18-27(57-2)22-28(19-25)58-3)24-60-30-21-26(20-29(23-30)59-4)52-35(14-9-17-54)39(55)37(41(52)45)43-47-31-10-5-6-11-32(31)48-43/h5-8,10-13,18-23,35-36,54H,9,14-17,24,45-46H2,1-4H3,(H,47,48)(H,49,50). The number of aromatic amines is 2. The van der Waals surface area contributed by atoms with Crippen molar-refractivity contribution in [2.24, 2.45) is 11.5 Å². The first-order chi connectivity index (χ1) is 29.1. The van der Waals surface area contributed by atoms with Crippen molar-refractivity contribution < 1.29 is 33.6 Å². The Bertz CT molecular complexity index is 2560. The number of benzene rings is 4. The van der Waals surface area contributed by atoms with Crippen LogP contribution >= 0.6 is 0 Å². The van der Waals surface area contributed by atoms with Crippen LogP contribution in [-0.4, -0.2) is 102 Å². The molecule has 0 saturated heterocycles. The summed E-state index contributed by atoms with van der Waals surface area (Å²) >= 11 is 0. The maximum Gasteiger partial charge on any atom is 0.193 e. The Labute approximate surface area is 346 Å². The number of ether oxygens (including phenoxy) is 4. The van der Waals surface area contributed by atoms with Gasteiger partial charge in [0.2, 0.25) is 0 Å². The molecule has 0 saturated carbocycles. The monoisotopic (exact) mass is 813 g/mol. The first-order valence-corrected chi connectivity index (χ1v) is 19.5. The zero-order chi connectivity index (χ0) is 42.1. The molecule has 0 bridgehead atoms. The van der Waals surface area contributed by atoms with Gasteiger partial charge in [-0.2, -0.15) is 0 Å². The zero-order valence-corrected chi connectivity index (χ0v) is 33.8. The Morgan fingerprint density at radius 3 is 1.60 bits per heavy atom. The van der Waals surface area contributed by atoms with Gasteiger partial charge in [-0.25, -0.2) is 9.97 Å². The van der Waals surface area contributed by atoms with E-state index in [1.54, 1.807) is 55.4 Å². The van der Waals surface area contributed by atoms with E-state index in [-0.39, 0.29) is 42.1 Å². The maximum atomic E-state index is 14.4. The fourth-order valence-corrected chi connectivity index (χ4v) is 7.88. The summed E-state index contributed by atoms with van der Waals surface area (Å²) in [4.78, 5) is 49.8. The first kappa shape index (κ1) is 39.8. The van der Waals surface area contributed by atoms with Crippen LogP contribution in [0.5, 0.6) is 23.0 Å². The number of hydrogen-bond acceptors (Lipinski definition) is 14. The van der Waals surface area contributed by atoms with Crippen LogP contribution in [0.15, 0.2) is 96.6 Å². The Kier molecular flexibility index (Phi) is 11.1. The van der Waals surface area contributed by atoms with Gasteiger partial charge in [0, 0.05) is 49.5 Å². The number of nitrogens with two attached hydrogens (primary N) is 2. The quantitative estimate of drug-likeness (QED) is 0.0835. The van der Waals surface area contributed by atoms with Crippen LogP contribution in [0.3, 0.4) is 0 Å². The molecule has 16 heteroatoms. The van der Waals surface area contributed by atoms with Crippen molar-refractivity contribution in [1.82, 2.24) is 24.8 Å². The number of H-pyrrole nitrogens is 2. The summed E-state index contributed by atoms with van der Waals surface area (Å²) in [5.74, 6) is 2.93. The lowest BCUT2D eigenvalue weighted by Crippen LogP contribution is -2.39. The minimum absolute atomic E-state index is 0.0852. The van der Waals surface area contributed by atoms with E-state index in [1.807, 2.05) is 72.6 Å². The Balaban J connectivity index is 1.03. The number of nitrogens with one attached hydrogen (secondary N) is 2. The third-order valence-electron chi connectivity index (χ3n) is 10.9. The molecule has 0 amide bonds. The lowest BCUT2D eigenvalue weighted by molar-refractivity contribution is -0.115. The number of nitrogens with zero attached hydrogens (tertiary/aromatic N) is 5. The van der Waals surface area contributed by atoms with E-state index < -0.39 is 12.1 Å². The SMILES string of the molecule is COc1cc(OCN(C)CCC2C(=O)C(c3nc4ccccc4[nH]3)=C(N)N2c2cc(OC)cc(OC)c2)cc(N2C(N)=C(c3nc4ccccc4[nH]3)C(=O)C2CCCO)c1. The van der Waals surface area contributed by atoms with Gasteiger partial charge in [0.25, 0.3) is 0 Å². The fourth-order valence-electron chi connectivity index (χ4n) is 7.88. The highest BCUT2D eigenvalue weighted by atomic mass is 16.5. The van der Waals surface area contributed by atoms with Gasteiger partial charge in [-0.05, 0) is 50.6 Å². The normalized spacial score (nSPS) is 17.0. The topological polar surface area (TPSA) is 210 Å². The molecule has 0 fully saturated rings. The van der Waals surface area contributed by atoms with Gasteiger partial charge in [0.05, 0.1) is 60.8 Å². The molecule has 16 nitrogen and oxygen atoms in total. The van der Waals surface area contributed by atoms with Crippen LogP contribution in [0.25, 0.3) is 33.2 Å². The summed E-state index contributed by atoms with van der Waals surface area (Å²) in [6, 6.07) is 24.4. The van der Waals surface area contributed by atoms with Crippen molar-refractivity contribution in [2.45, 2.75) is 31.3 Å². The molecule has 2 aliphatic rings. The van der Waals surface area contributed by atoms with E-state index in [0.717, 1.165) is 16.6 Å². The third kappa shape index (κ3) is 7.42. The summed E-state index contributed by atoms with van der Waals surface area (Å²) in [5.41, 5.74) is 18.5. The van der Waals surface area contributed by atoms with Gasteiger partial charge < -0.3 is 55.3 Å². The number of hydrogen-bond donors (Lipinski definition) is 5. The second kappa shape index (κ2) is 16.7. The van der Waals surface area contributed by atoms with Gasteiger partial charge in [0.15, 0.2) is 11.6 Å². The van der Waals surface area contributed by atoms with Crippen molar-refractivity contribution in [2.75, 3.05) is 58.1 Å². The number of para-hydroxylation sites is 4. The molecule has 2 unspecified atom stereocenters. The van der Waals surface area contributed by atoms with Crippen molar-refractivity contribution >= 4 is 56.2 Å². The molecule has 8 rings (SSSR count). The molecular formula is C44H47N9O7. The Morgan fingerprint density at radius 2 is 1.13 bits per heavy atom. The van der Waals surface area contributed by atoms with Crippen LogP contribution in [0, 0.1) is 0 Å². The molecule has 6 aromatic rings. The van der Waals surface area contributed by atoms with E-state index in [4.69, 9.17) is 35.4 Å². The highest BCUT2D eigenvalue weighted by Crippen LogP contribution is 2.41. The second-order valence-electron chi connectivity index (χ2n) is 14.7. The Hall–Kier alpha value is -7.04. The number of carbonyl (C=O) groups is 2. The predicted molar refractivity (Wildman–Crippen MR) is 229 cm³/mol. The number of anilines is 2. The van der Waals surface area contributed by atoms with Gasteiger partial charge in [-0.1, -0.05) is 24.3 Å². The molecule has 7 N–H and O–H groups in total. The third-order valence-corrected chi connectivity index (χ3v) is 10.9. The molecule has 310 valence electrons. The summed E-state index contributed by atoms with van der Waals surface area (Å²) in [7, 11) is 6.57. The summed E-state index contributed by atoms with van der Waals surface area (Å²) < 4.78 is 23.1. The lowest BCUT2D eigenvalue weighted by Gasteiger charge is -2.29. The van der Waals surface area contributed by atoms with Gasteiger partial charge in [-0.3, -0.25) is 14.5 Å². The second-order valence-corrected chi connectivity index (χ2v) is 14.7. The number of methoxy groups -OCH3 is 3. The molecule has 0 aliphatic carbocycles. The smallest absolute Gasteiger partial charge is 0.193 e. The largest absolute Gasteiger partial charge is 0.497 e. The van der Waals surface area contributed by atoms with Crippen LogP contribution in [0.4, 0.5) is 11.4 Å². The molecule has 0 spiro atoms. The van der Waals surface area contributed by atoms with Crippen molar-refractivity contribution in [3.05, 3.63) is 108 Å². The van der Waals surface area contributed by atoms with E-state index in [0.29, 0.717) is 82.9 Å². The van der Waals surface area contributed by atoms with Crippen molar-refractivity contribution in [1.29, 1.82) is 0 Å². The number of Topliss-reactive ketones (excluding diaryl/α,β-unsaturated/α-hetero) is 2. The highest BCUT2D eigenvalue weighted by molar-refractivity contribution is 6.28. The molecule has 2 aromatic heterocycles. The molecule has 2 atom stereocenters. The minimum Gasteiger partial charge on any atom is -0.497 e. The van der Waals surface area contributed by atoms with Gasteiger partial charge in [-0.15, -0.1) is 0 Å². The number of fused-ring (bicyclic) bond motifs is 2.